The molecular weight excluding hydrogens is 414 g/mol. The van der Waals surface area contributed by atoms with Gasteiger partial charge >= 0.3 is 0 Å². The zero-order chi connectivity index (χ0) is 21.0. The SMILES string of the molecule is COc1ccc(Cl)cc1NS(=O)(=O)c1cccc(C(=O)Nc2cc(C)ccn2)c1. The van der Waals surface area contributed by atoms with Crippen molar-refractivity contribution < 1.29 is 17.9 Å². The number of nitrogens with one attached hydrogen (secondary N) is 2. The molecule has 0 atom stereocenters. The topological polar surface area (TPSA) is 97.4 Å². The summed E-state index contributed by atoms with van der Waals surface area (Å²) in [5, 5.41) is 3.00. The third kappa shape index (κ3) is 5.04. The van der Waals surface area contributed by atoms with E-state index in [2.05, 4.69) is 15.0 Å². The Hall–Kier alpha value is -3.10. The van der Waals surface area contributed by atoms with Gasteiger partial charge in [0.15, 0.2) is 0 Å². The third-order valence-corrected chi connectivity index (χ3v) is 5.57. The molecule has 7 nitrogen and oxygen atoms in total. The normalized spacial score (nSPS) is 11.0. The zero-order valence-electron chi connectivity index (χ0n) is 15.6. The minimum atomic E-state index is -3.98. The number of aryl methyl sites for hydroxylation is 1. The van der Waals surface area contributed by atoms with Crippen LogP contribution in [0.15, 0.2) is 65.7 Å². The number of hydrogen-bond donors (Lipinski definition) is 2. The molecule has 1 amide bonds. The van der Waals surface area contributed by atoms with Crippen molar-refractivity contribution in [3.05, 3.63) is 76.9 Å². The van der Waals surface area contributed by atoms with Gasteiger partial charge in [-0.1, -0.05) is 17.7 Å². The van der Waals surface area contributed by atoms with Gasteiger partial charge in [-0.05, 0) is 61.0 Å². The first-order chi connectivity index (χ1) is 13.8. The molecule has 0 aliphatic heterocycles. The molecule has 0 saturated carbocycles. The molecule has 0 radical (unpaired) electrons. The first-order valence-electron chi connectivity index (χ1n) is 8.49. The van der Waals surface area contributed by atoms with Crippen molar-refractivity contribution in [2.45, 2.75) is 11.8 Å². The monoisotopic (exact) mass is 431 g/mol. The second-order valence-electron chi connectivity index (χ2n) is 6.15. The van der Waals surface area contributed by atoms with Gasteiger partial charge in [0.1, 0.15) is 11.6 Å². The van der Waals surface area contributed by atoms with E-state index in [9.17, 15) is 13.2 Å². The van der Waals surface area contributed by atoms with Crippen LogP contribution >= 0.6 is 11.6 Å². The molecular formula is C20H18ClN3O4S. The molecule has 3 aromatic rings. The van der Waals surface area contributed by atoms with Gasteiger partial charge in [-0.3, -0.25) is 9.52 Å². The van der Waals surface area contributed by atoms with E-state index in [1.54, 1.807) is 30.5 Å². The van der Waals surface area contributed by atoms with E-state index in [1.165, 1.54) is 37.4 Å². The zero-order valence-corrected chi connectivity index (χ0v) is 17.2. The molecule has 0 aliphatic rings. The van der Waals surface area contributed by atoms with Gasteiger partial charge in [0.05, 0.1) is 17.7 Å². The van der Waals surface area contributed by atoms with Crippen LogP contribution in [0.25, 0.3) is 0 Å². The lowest BCUT2D eigenvalue weighted by molar-refractivity contribution is 0.102. The highest BCUT2D eigenvalue weighted by Gasteiger charge is 2.19. The number of methoxy groups -OCH3 is 1. The lowest BCUT2D eigenvalue weighted by Crippen LogP contribution is -2.16. The fourth-order valence-electron chi connectivity index (χ4n) is 2.56. The Morgan fingerprint density at radius 2 is 1.90 bits per heavy atom. The number of carbonyl (C=O) groups excluding carboxylic acids is 1. The highest BCUT2D eigenvalue weighted by atomic mass is 35.5. The number of sulfonamides is 1. The van der Waals surface area contributed by atoms with Gasteiger partial charge in [-0.25, -0.2) is 13.4 Å². The molecule has 1 aromatic heterocycles. The number of hydrogen-bond acceptors (Lipinski definition) is 5. The number of nitrogens with zero attached hydrogens (tertiary/aromatic N) is 1. The second kappa shape index (κ2) is 8.50. The Morgan fingerprint density at radius 1 is 1.10 bits per heavy atom. The minimum absolute atomic E-state index is 0.0793. The fourth-order valence-corrected chi connectivity index (χ4v) is 3.84. The quantitative estimate of drug-likeness (QED) is 0.612. The number of rotatable bonds is 6. The average Bonchev–Trinajstić information content (AvgIpc) is 2.68. The Bertz CT molecular complexity index is 1170. The van der Waals surface area contributed by atoms with E-state index in [-0.39, 0.29) is 16.1 Å². The molecule has 3 rings (SSSR count). The van der Waals surface area contributed by atoms with Crippen molar-refractivity contribution in [2.24, 2.45) is 0 Å². The molecule has 0 fully saturated rings. The summed E-state index contributed by atoms with van der Waals surface area (Å²) >= 11 is 5.95. The number of amides is 1. The molecule has 9 heteroatoms. The number of benzene rings is 2. The predicted octanol–water partition coefficient (Wildman–Crippen LogP) is 4.11. The Balaban J connectivity index is 1.86. The van der Waals surface area contributed by atoms with E-state index in [0.29, 0.717) is 16.6 Å². The summed E-state index contributed by atoms with van der Waals surface area (Å²) in [6.45, 7) is 1.88. The van der Waals surface area contributed by atoms with E-state index >= 15 is 0 Å². The van der Waals surface area contributed by atoms with Crippen LogP contribution in [0.3, 0.4) is 0 Å². The van der Waals surface area contributed by atoms with Crippen LogP contribution in [0.4, 0.5) is 11.5 Å². The first-order valence-corrected chi connectivity index (χ1v) is 10.3. The molecule has 0 saturated heterocycles. The smallest absolute Gasteiger partial charge is 0.262 e. The third-order valence-electron chi connectivity index (χ3n) is 3.97. The van der Waals surface area contributed by atoms with Gasteiger partial charge in [-0.15, -0.1) is 0 Å². The van der Waals surface area contributed by atoms with E-state index in [1.807, 2.05) is 6.92 Å². The molecule has 2 aromatic carbocycles. The summed E-state index contributed by atoms with van der Waals surface area (Å²) in [7, 11) is -2.56. The maximum absolute atomic E-state index is 12.8. The summed E-state index contributed by atoms with van der Waals surface area (Å²) in [5.41, 5.74) is 1.30. The Kier molecular flexibility index (Phi) is 6.05. The largest absolute Gasteiger partial charge is 0.495 e. The second-order valence-corrected chi connectivity index (χ2v) is 8.27. The number of anilines is 2. The molecule has 0 aliphatic carbocycles. The van der Waals surface area contributed by atoms with E-state index < -0.39 is 15.9 Å². The summed E-state index contributed by atoms with van der Waals surface area (Å²) in [6.07, 6.45) is 1.58. The number of pyridine rings is 1. The summed E-state index contributed by atoms with van der Waals surface area (Å²) in [6, 6.07) is 13.8. The molecule has 0 bridgehead atoms. The molecule has 1 heterocycles. The van der Waals surface area contributed by atoms with Gasteiger partial charge in [0, 0.05) is 16.8 Å². The van der Waals surface area contributed by atoms with E-state index in [4.69, 9.17) is 16.3 Å². The Labute approximate surface area is 173 Å². The number of aromatic nitrogens is 1. The molecule has 2 N–H and O–H groups in total. The maximum atomic E-state index is 12.8. The molecule has 150 valence electrons. The lowest BCUT2D eigenvalue weighted by atomic mass is 10.2. The molecule has 29 heavy (non-hydrogen) atoms. The van der Waals surface area contributed by atoms with Crippen molar-refractivity contribution in [1.82, 2.24) is 4.98 Å². The predicted molar refractivity (Wildman–Crippen MR) is 112 cm³/mol. The lowest BCUT2D eigenvalue weighted by Gasteiger charge is -2.13. The fraction of sp³-hybridized carbons (Fsp3) is 0.100. The molecule has 0 unspecified atom stereocenters. The Morgan fingerprint density at radius 3 is 2.62 bits per heavy atom. The summed E-state index contributed by atoms with van der Waals surface area (Å²) in [4.78, 5) is 16.5. The van der Waals surface area contributed by atoms with Crippen LogP contribution in [-0.4, -0.2) is 26.4 Å². The van der Waals surface area contributed by atoms with Gasteiger partial charge in [0.25, 0.3) is 15.9 Å². The average molecular weight is 432 g/mol. The maximum Gasteiger partial charge on any atom is 0.262 e. The highest BCUT2D eigenvalue weighted by molar-refractivity contribution is 7.92. The van der Waals surface area contributed by atoms with Crippen molar-refractivity contribution in [1.29, 1.82) is 0 Å². The summed E-state index contributed by atoms with van der Waals surface area (Å²) < 4.78 is 33.2. The van der Waals surface area contributed by atoms with Crippen LogP contribution in [-0.2, 0) is 10.0 Å². The van der Waals surface area contributed by atoms with E-state index in [0.717, 1.165) is 5.56 Å². The standard InChI is InChI=1S/C20H18ClN3O4S/c1-13-8-9-22-19(10-13)23-20(25)14-4-3-5-16(11-14)29(26,27)24-17-12-15(21)6-7-18(17)28-2/h3-12,24H,1-2H3,(H,22,23,25). The van der Waals surface area contributed by atoms with Gasteiger partial charge in [-0.2, -0.15) is 0 Å². The van der Waals surface area contributed by atoms with Crippen LogP contribution in [0.5, 0.6) is 5.75 Å². The van der Waals surface area contributed by atoms with Crippen molar-refractivity contribution in [3.63, 3.8) is 0 Å². The number of ether oxygens (including phenoxy) is 1. The summed E-state index contributed by atoms with van der Waals surface area (Å²) in [5.74, 6) is 0.225. The van der Waals surface area contributed by atoms with Gasteiger partial charge in [0.2, 0.25) is 0 Å². The number of halogens is 1. The minimum Gasteiger partial charge on any atom is -0.495 e. The number of carbonyl (C=O) groups is 1. The van der Waals surface area contributed by atoms with Crippen molar-refractivity contribution in [2.75, 3.05) is 17.1 Å². The first kappa shape index (κ1) is 20.6. The van der Waals surface area contributed by atoms with Crippen LogP contribution in [0.1, 0.15) is 15.9 Å². The van der Waals surface area contributed by atoms with Crippen molar-refractivity contribution >= 4 is 39.0 Å². The molecule has 0 spiro atoms. The van der Waals surface area contributed by atoms with Crippen LogP contribution in [0, 0.1) is 6.92 Å². The highest BCUT2D eigenvalue weighted by Crippen LogP contribution is 2.30. The van der Waals surface area contributed by atoms with Crippen LogP contribution in [0.2, 0.25) is 5.02 Å². The van der Waals surface area contributed by atoms with Crippen LogP contribution < -0.4 is 14.8 Å². The van der Waals surface area contributed by atoms with Gasteiger partial charge < -0.3 is 10.1 Å². The van der Waals surface area contributed by atoms with Crippen molar-refractivity contribution in [3.8, 4) is 5.75 Å².